The van der Waals surface area contributed by atoms with Crippen LogP contribution in [0.5, 0.6) is 0 Å². The molecule has 0 spiro atoms. The van der Waals surface area contributed by atoms with Crippen LogP contribution in [0, 0.1) is 6.92 Å². The maximum absolute atomic E-state index is 12.1. The van der Waals surface area contributed by atoms with Gasteiger partial charge in [-0.15, -0.1) is 12.4 Å². The van der Waals surface area contributed by atoms with Crippen molar-refractivity contribution < 1.29 is 9.53 Å². The Balaban J connectivity index is 0.00000192. The van der Waals surface area contributed by atoms with E-state index in [1.54, 1.807) is 6.20 Å². The Hall–Kier alpha value is -2.02. The first-order chi connectivity index (χ1) is 10.7. The number of carbonyl (C=O) groups is 1. The summed E-state index contributed by atoms with van der Waals surface area (Å²) in [6.07, 6.45) is 1.74. The van der Waals surface area contributed by atoms with Crippen LogP contribution in [0.15, 0.2) is 36.5 Å². The second kappa shape index (κ2) is 8.01. The van der Waals surface area contributed by atoms with Crippen molar-refractivity contribution in [2.75, 3.05) is 25.1 Å². The summed E-state index contributed by atoms with van der Waals surface area (Å²) in [5.41, 5.74) is 2.58. The normalized spacial score (nSPS) is 17.2. The van der Waals surface area contributed by atoms with Gasteiger partial charge in [-0.2, -0.15) is 0 Å². The molecule has 0 aliphatic carbocycles. The smallest absolute Gasteiger partial charge is 0.243 e. The molecule has 0 radical (unpaired) electrons. The summed E-state index contributed by atoms with van der Waals surface area (Å²) in [6, 6.07) is 9.06. The number of hydrogen-bond donors (Lipinski definition) is 2. The van der Waals surface area contributed by atoms with Gasteiger partial charge in [0.2, 0.25) is 5.91 Å². The molecule has 1 aliphatic rings. The van der Waals surface area contributed by atoms with Gasteiger partial charge in [0.15, 0.2) is 5.82 Å². The standard InChI is InChI=1S/C16H18N4O2.ClH/c1-11-6-7-18-15(19-11)12-2-4-13(5-3-12)20-16(21)14-10-22-9-8-17-14;/h2-7,14,17H,8-10H2,1H3,(H,20,21);1H. The van der Waals surface area contributed by atoms with Gasteiger partial charge in [0, 0.05) is 29.7 Å². The van der Waals surface area contributed by atoms with Crippen LogP contribution in [0.25, 0.3) is 11.4 Å². The van der Waals surface area contributed by atoms with Crippen molar-refractivity contribution in [1.29, 1.82) is 0 Å². The van der Waals surface area contributed by atoms with Crippen molar-refractivity contribution in [3.05, 3.63) is 42.2 Å². The number of aromatic nitrogens is 2. The van der Waals surface area contributed by atoms with Crippen molar-refractivity contribution in [3.63, 3.8) is 0 Å². The third-order valence-corrected chi connectivity index (χ3v) is 3.44. The predicted molar refractivity (Wildman–Crippen MR) is 90.7 cm³/mol. The number of nitrogens with zero attached hydrogens (tertiary/aromatic N) is 2. The number of rotatable bonds is 3. The van der Waals surface area contributed by atoms with E-state index in [0.717, 1.165) is 16.9 Å². The van der Waals surface area contributed by atoms with Gasteiger partial charge in [-0.05, 0) is 37.3 Å². The topological polar surface area (TPSA) is 76.1 Å². The highest BCUT2D eigenvalue weighted by atomic mass is 35.5. The van der Waals surface area contributed by atoms with Gasteiger partial charge in [0.1, 0.15) is 6.04 Å². The minimum absolute atomic E-state index is 0. The molecular weight excluding hydrogens is 316 g/mol. The highest BCUT2D eigenvalue weighted by Crippen LogP contribution is 2.18. The fourth-order valence-corrected chi connectivity index (χ4v) is 2.25. The molecule has 1 aromatic carbocycles. The Morgan fingerprint density at radius 2 is 2.09 bits per heavy atom. The van der Waals surface area contributed by atoms with Gasteiger partial charge in [-0.1, -0.05) is 0 Å². The Labute approximate surface area is 141 Å². The molecular formula is C16H19ClN4O2. The number of hydrogen-bond acceptors (Lipinski definition) is 5. The number of carbonyl (C=O) groups excluding carboxylic acids is 1. The molecule has 3 rings (SSSR count). The average molecular weight is 335 g/mol. The zero-order chi connectivity index (χ0) is 15.4. The molecule has 0 saturated carbocycles. The lowest BCUT2D eigenvalue weighted by molar-refractivity contribution is -0.120. The highest BCUT2D eigenvalue weighted by molar-refractivity contribution is 5.95. The summed E-state index contributed by atoms with van der Waals surface area (Å²) in [6.45, 7) is 3.68. The predicted octanol–water partition coefficient (Wildman–Crippen LogP) is 1.80. The molecule has 2 aromatic rings. The van der Waals surface area contributed by atoms with Crippen LogP contribution < -0.4 is 10.6 Å². The van der Waals surface area contributed by atoms with E-state index in [9.17, 15) is 4.79 Å². The number of amides is 1. The molecule has 122 valence electrons. The Kier molecular flexibility index (Phi) is 6.04. The molecule has 1 aliphatic heterocycles. The molecule has 2 N–H and O–H groups in total. The van der Waals surface area contributed by atoms with Gasteiger partial charge in [0.25, 0.3) is 0 Å². The van der Waals surface area contributed by atoms with Crippen LogP contribution in [0.4, 0.5) is 5.69 Å². The summed E-state index contributed by atoms with van der Waals surface area (Å²) in [4.78, 5) is 20.7. The lowest BCUT2D eigenvalue weighted by Crippen LogP contribution is -2.48. The number of nitrogens with one attached hydrogen (secondary N) is 2. The summed E-state index contributed by atoms with van der Waals surface area (Å²) in [7, 11) is 0. The Morgan fingerprint density at radius 1 is 1.30 bits per heavy atom. The van der Waals surface area contributed by atoms with Crippen molar-refractivity contribution in [3.8, 4) is 11.4 Å². The zero-order valence-electron chi connectivity index (χ0n) is 12.8. The Morgan fingerprint density at radius 3 is 2.74 bits per heavy atom. The number of anilines is 1. The summed E-state index contributed by atoms with van der Waals surface area (Å²) in [5, 5.41) is 6.00. The fraction of sp³-hybridized carbons (Fsp3) is 0.312. The van der Waals surface area contributed by atoms with Crippen molar-refractivity contribution >= 4 is 24.0 Å². The van der Waals surface area contributed by atoms with E-state index in [0.29, 0.717) is 25.6 Å². The molecule has 1 saturated heterocycles. The Bertz CT molecular complexity index is 657. The summed E-state index contributed by atoms with van der Waals surface area (Å²) in [5.74, 6) is 0.597. The average Bonchev–Trinajstić information content (AvgIpc) is 2.56. The third-order valence-electron chi connectivity index (χ3n) is 3.44. The summed E-state index contributed by atoms with van der Waals surface area (Å²) < 4.78 is 5.29. The lowest BCUT2D eigenvalue weighted by atomic mass is 10.2. The van der Waals surface area contributed by atoms with E-state index in [1.807, 2.05) is 37.3 Å². The highest BCUT2D eigenvalue weighted by Gasteiger charge is 2.21. The van der Waals surface area contributed by atoms with Gasteiger partial charge in [0.05, 0.1) is 13.2 Å². The molecule has 1 atom stereocenters. The molecule has 1 amide bonds. The number of morpholine rings is 1. The second-order valence-corrected chi connectivity index (χ2v) is 5.17. The monoisotopic (exact) mass is 334 g/mol. The number of ether oxygens (including phenoxy) is 1. The zero-order valence-corrected chi connectivity index (χ0v) is 13.6. The van der Waals surface area contributed by atoms with Gasteiger partial charge < -0.3 is 15.4 Å². The summed E-state index contributed by atoms with van der Waals surface area (Å²) >= 11 is 0. The molecule has 23 heavy (non-hydrogen) atoms. The van der Waals surface area contributed by atoms with E-state index >= 15 is 0 Å². The fourth-order valence-electron chi connectivity index (χ4n) is 2.25. The third kappa shape index (κ3) is 4.48. The van der Waals surface area contributed by atoms with E-state index in [2.05, 4.69) is 20.6 Å². The molecule has 6 nitrogen and oxygen atoms in total. The molecule has 1 fully saturated rings. The minimum Gasteiger partial charge on any atom is -0.378 e. The van der Waals surface area contributed by atoms with Crippen LogP contribution in [0.1, 0.15) is 5.69 Å². The molecule has 1 unspecified atom stereocenters. The largest absolute Gasteiger partial charge is 0.378 e. The maximum Gasteiger partial charge on any atom is 0.243 e. The molecule has 7 heteroatoms. The van der Waals surface area contributed by atoms with Crippen LogP contribution in [0.3, 0.4) is 0 Å². The van der Waals surface area contributed by atoms with E-state index in [4.69, 9.17) is 4.74 Å². The molecule has 1 aromatic heterocycles. The van der Waals surface area contributed by atoms with Crippen LogP contribution >= 0.6 is 12.4 Å². The first kappa shape index (κ1) is 17.3. The molecule has 0 bridgehead atoms. The number of benzene rings is 1. The van der Waals surface area contributed by atoms with Crippen molar-refractivity contribution in [2.45, 2.75) is 13.0 Å². The number of halogens is 1. The van der Waals surface area contributed by atoms with Crippen LogP contribution in [-0.4, -0.2) is 41.7 Å². The first-order valence-electron chi connectivity index (χ1n) is 7.24. The van der Waals surface area contributed by atoms with Crippen LogP contribution in [-0.2, 0) is 9.53 Å². The van der Waals surface area contributed by atoms with E-state index in [-0.39, 0.29) is 24.4 Å². The van der Waals surface area contributed by atoms with Gasteiger partial charge >= 0.3 is 0 Å². The van der Waals surface area contributed by atoms with Crippen molar-refractivity contribution in [1.82, 2.24) is 15.3 Å². The van der Waals surface area contributed by atoms with E-state index in [1.165, 1.54) is 0 Å². The quantitative estimate of drug-likeness (QED) is 0.895. The van der Waals surface area contributed by atoms with Crippen LogP contribution in [0.2, 0.25) is 0 Å². The molecule has 2 heterocycles. The SMILES string of the molecule is Cc1ccnc(-c2ccc(NC(=O)C3COCCN3)cc2)n1.Cl. The maximum atomic E-state index is 12.1. The lowest BCUT2D eigenvalue weighted by Gasteiger charge is -2.22. The van der Waals surface area contributed by atoms with Gasteiger partial charge in [-0.3, -0.25) is 4.79 Å². The minimum atomic E-state index is -0.298. The van der Waals surface area contributed by atoms with Crippen molar-refractivity contribution in [2.24, 2.45) is 0 Å². The van der Waals surface area contributed by atoms with E-state index < -0.39 is 0 Å². The van der Waals surface area contributed by atoms with Gasteiger partial charge in [-0.25, -0.2) is 9.97 Å². The first-order valence-corrected chi connectivity index (χ1v) is 7.24. The second-order valence-electron chi connectivity index (χ2n) is 5.17. The number of aryl methyl sites for hydroxylation is 1.